The fourth-order valence-electron chi connectivity index (χ4n) is 1.70. The molecule has 0 spiro atoms. The highest BCUT2D eigenvalue weighted by molar-refractivity contribution is 5.75. The van der Waals surface area contributed by atoms with Crippen LogP contribution >= 0.6 is 0 Å². The van der Waals surface area contributed by atoms with Gasteiger partial charge < -0.3 is 14.6 Å². The van der Waals surface area contributed by atoms with Crippen LogP contribution in [-0.2, 0) is 4.79 Å². The zero-order chi connectivity index (χ0) is 12.6. The first-order valence-electron chi connectivity index (χ1n) is 6.28. The minimum absolute atomic E-state index is 0.303. The van der Waals surface area contributed by atoms with Gasteiger partial charge in [-0.1, -0.05) is 13.8 Å². The third kappa shape index (κ3) is 10.1. The molecular formula is C13H28N2O. The lowest BCUT2D eigenvalue weighted by Crippen LogP contribution is -2.35. The lowest BCUT2D eigenvalue weighted by Gasteiger charge is -2.25. The maximum atomic E-state index is 10.9. The van der Waals surface area contributed by atoms with E-state index in [1.165, 1.54) is 0 Å². The Morgan fingerprint density at radius 2 is 1.75 bits per heavy atom. The summed E-state index contributed by atoms with van der Waals surface area (Å²) in [6.45, 7) is 10.5. The van der Waals surface area contributed by atoms with Crippen LogP contribution in [0.5, 0.6) is 0 Å². The number of hydrogen-bond acceptors (Lipinski definition) is 3. The highest BCUT2D eigenvalue weighted by atomic mass is 16.1. The Kier molecular flexibility index (Phi) is 8.49. The van der Waals surface area contributed by atoms with Crippen molar-refractivity contribution in [2.45, 2.75) is 33.6 Å². The van der Waals surface area contributed by atoms with E-state index in [2.05, 4.69) is 37.7 Å². The predicted octanol–water partition coefficient (Wildman–Crippen LogP) is 1.88. The molecule has 0 saturated carbocycles. The first kappa shape index (κ1) is 15.6. The molecule has 3 heteroatoms. The van der Waals surface area contributed by atoms with Gasteiger partial charge in [-0.25, -0.2) is 0 Å². The maximum Gasteiger partial charge on any atom is 0.129 e. The molecule has 0 aliphatic heterocycles. The Bertz CT molecular complexity index is 190. The number of ketones is 1. The summed E-state index contributed by atoms with van der Waals surface area (Å²) in [4.78, 5) is 15.6. The third-order valence-corrected chi connectivity index (χ3v) is 2.49. The van der Waals surface area contributed by atoms with Gasteiger partial charge in [-0.05, 0) is 39.9 Å². The van der Waals surface area contributed by atoms with Crippen LogP contribution in [-0.4, -0.2) is 55.9 Å². The van der Waals surface area contributed by atoms with Crippen molar-refractivity contribution in [2.75, 3.05) is 40.3 Å². The van der Waals surface area contributed by atoms with Gasteiger partial charge in [-0.15, -0.1) is 0 Å². The Morgan fingerprint density at radius 3 is 2.19 bits per heavy atom. The molecule has 0 atom stereocenters. The molecule has 0 saturated heterocycles. The molecule has 3 nitrogen and oxygen atoms in total. The molecule has 0 bridgehead atoms. The van der Waals surface area contributed by atoms with Crippen molar-refractivity contribution >= 4 is 5.78 Å². The highest BCUT2D eigenvalue weighted by Gasteiger charge is 2.07. The van der Waals surface area contributed by atoms with Gasteiger partial charge >= 0.3 is 0 Å². The second kappa shape index (κ2) is 8.71. The molecule has 0 N–H and O–H groups in total. The quantitative estimate of drug-likeness (QED) is 0.602. The molecule has 16 heavy (non-hydrogen) atoms. The van der Waals surface area contributed by atoms with Gasteiger partial charge in [-0.2, -0.15) is 0 Å². The van der Waals surface area contributed by atoms with E-state index in [0.717, 1.165) is 39.0 Å². The van der Waals surface area contributed by atoms with Crippen molar-refractivity contribution < 1.29 is 4.79 Å². The normalized spacial score (nSPS) is 11.8. The summed E-state index contributed by atoms with van der Waals surface area (Å²) >= 11 is 0. The molecule has 0 aromatic heterocycles. The van der Waals surface area contributed by atoms with Gasteiger partial charge in [0, 0.05) is 26.1 Å². The van der Waals surface area contributed by atoms with Crippen LogP contribution in [0.1, 0.15) is 33.6 Å². The second-order valence-corrected chi connectivity index (χ2v) is 5.30. The van der Waals surface area contributed by atoms with Crippen molar-refractivity contribution in [1.82, 2.24) is 9.80 Å². The van der Waals surface area contributed by atoms with E-state index in [-0.39, 0.29) is 0 Å². The van der Waals surface area contributed by atoms with Gasteiger partial charge in [0.2, 0.25) is 0 Å². The largest absolute Gasteiger partial charge is 0.308 e. The topological polar surface area (TPSA) is 23.6 Å². The molecule has 0 aromatic carbocycles. The first-order valence-corrected chi connectivity index (χ1v) is 6.28. The molecule has 0 fully saturated rings. The molecule has 96 valence electrons. The summed E-state index contributed by atoms with van der Waals surface area (Å²) in [5.41, 5.74) is 0. The van der Waals surface area contributed by atoms with E-state index in [9.17, 15) is 4.79 Å². The number of carbonyl (C=O) groups excluding carboxylic acids is 1. The predicted molar refractivity (Wildman–Crippen MR) is 69.7 cm³/mol. The van der Waals surface area contributed by atoms with Crippen LogP contribution in [0.2, 0.25) is 0 Å². The van der Waals surface area contributed by atoms with Crippen LogP contribution in [0.4, 0.5) is 0 Å². The van der Waals surface area contributed by atoms with Gasteiger partial charge in [0.05, 0.1) is 0 Å². The van der Waals surface area contributed by atoms with E-state index in [4.69, 9.17) is 0 Å². The molecule has 0 aromatic rings. The monoisotopic (exact) mass is 228 g/mol. The maximum absolute atomic E-state index is 10.9. The van der Waals surface area contributed by atoms with Crippen molar-refractivity contribution in [3.8, 4) is 0 Å². The number of hydrogen-bond donors (Lipinski definition) is 0. The standard InChI is InChI=1S/C13H28N2O/c1-12(2)11-15(10-9-14(4)5)8-6-7-13(3)16/h12H,6-11H2,1-5H3. The number of carbonyl (C=O) groups is 1. The minimum atomic E-state index is 0.303. The summed E-state index contributed by atoms with van der Waals surface area (Å²) in [6, 6.07) is 0. The van der Waals surface area contributed by atoms with Gasteiger partial charge in [-0.3, -0.25) is 0 Å². The summed E-state index contributed by atoms with van der Waals surface area (Å²) < 4.78 is 0. The summed E-state index contributed by atoms with van der Waals surface area (Å²) in [5, 5.41) is 0. The van der Waals surface area contributed by atoms with Crippen LogP contribution in [0.15, 0.2) is 0 Å². The van der Waals surface area contributed by atoms with Gasteiger partial charge in [0.25, 0.3) is 0 Å². The third-order valence-electron chi connectivity index (χ3n) is 2.49. The number of nitrogens with zero attached hydrogens (tertiary/aromatic N) is 2. The number of likely N-dealkylation sites (N-methyl/N-ethyl adjacent to an activating group) is 1. The Balaban J connectivity index is 3.85. The van der Waals surface area contributed by atoms with E-state index in [1.54, 1.807) is 6.92 Å². The average molecular weight is 228 g/mol. The summed E-state index contributed by atoms with van der Waals surface area (Å²) in [7, 11) is 4.20. The first-order chi connectivity index (χ1) is 7.41. The highest BCUT2D eigenvalue weighted by Crippen LogP contribution is 2.02. The summed E-state index contributed by atoms with van der Waals surface area (Å²) in [6.07, 6.45) is 1.71. The lowest BCUT2D eigenvalue weighted by atomic mass is 10.2. The Hall–Kier alpha value is -0.410. The second-order valence-electron chi connectivity index (χ2n) is 5.30. The van der Waals surface area contributed by atoms with Crippen molar-refractivity contribution in [3.05, 3.63) is 0 Å². The molecule has 0 rings (SSSR count). The average Bonchev–Trinajstić information content (AvgIpc) is 2.12. The zero-order valence-electron chi connectivity index (χ0n) is 11.6. The van der Waals surface area contributed by atoms with Crippen LogP contribution in [0, 0.1) is 5.92 Å². The smallest absolute Gasteiger partial charge is 0.129 e. The van der Waals surface area contributed by atoms with E-state index < -0.39 is 0 Å². The van der Waals surface area contributed by atoms with Crippen LogP contribution in [0.25, 0.3) is 0 Å². The Morgan fingerprint density at radius 1 is 1.12 bits per heavy atom. The molecule has 0 unspecified atom stereocenters. The lowest BCUT2D eigenvalue weighted by molar-refractivity contribution is -0.117. The van der Waals surface area contributed by atoms with Crippen molar-refractivity contribution in [1.29, 1.82) is 0 Å². The van der Waals surface area contributed by atoms with Crippen LogP contribution < -0.4 is 0 Å². The zero-order valence-corrected chi connectivity index (χ0v) is 11.6. The van der Waals surface area contributed by atoms with E-state index >= 15 is 0 Å². The van der Waals surface area contributed by atoms with Crippen LogP contribution in [0.3, 0.4) is 0 Å². The molecule has 0 aliphatic rings. The fourth-order valence-corrected chi connectivity index (χ4v) is 1.70. The Labute approximate surface area is 101 Å². The van der Waals surface area contributed by atoms with E-state index in [1.807, 2.05) is 0 Å². The molecule has 0 amide bonds. The molecule has 0 aliphatic carbocycles. The summed E-state index contributed by atoms with van der Waals surface area (Å²) in [5.74, 6) is 0.997. The van der Waals surface area contributed by atoms with E-state index in [0.29, 0.717) is 11.7 Å². The number of Topliss-reactive ketones (excluding diaryl/α,β-unsaturated/α-hetero) is 1. The van der Waals surface area contributed by atoms with Crippen molar-refractivity contribution in [2.24, 2.45) is 5.92 Å². The SMILES string of the molecule is CC(=O)CCCN(CCN(C)C)CC(C)C. The van der Waals surface area contributed by atoms with Gasteiger partial charge in [0.15, 0.2) is 0 Å². The minimum Gasteiger partial charge on any atom is -0.308 e. The van der Waals surface area contributed by atoms with Crippen molar-refractivity contribution in [3.63, 3.8) is 0 Å². The molecular weight excluding hydrogens is 200 g/mol. The van der Waals surface area contributed by atoms with Gasteiger partial charge in [0.1, 0.15) is 5.78 Å². The fraction of sp³-hybridized carbons (Fsp3) is 0.923. The molecule has 0 heterocycles. The number of rotatable bonds is 9. The molecule has 0 radical (unpaired) electrons.